The van der Waals surface area contributed by atoms with Crippen LogP contribution in [0.1, 0.15) is 15.9 Å². The SMILES string of the molecule is O=C(O)N1CCN(C(=O)c2cccc(Cn3ccnc3)c2)CC1. The van der Waals surface area contributed by atoms with Gasteiger partial charge in [-0.1, -0.05) is 12.1 Å². The van der Waals surface area contributed by atoms with E-state index in [1.54, 1.807) is 23.5 Å². The Labute approximate surface area is 133 Å². The monoisotopic (exact) mass is 314 g/mol. The van der Waals surface area contributed by atoms with E-state index in [0.29, 0.717) is 38.3 Å². The van der Waals surface area contributed by atoms with Crippen LogP contribution in [0, 0.1) is 0 Å². The molecule has 1 aliphatic heterocycles. The second-order valence-electron chi connectivity index (χ2n) is 5.50. The van der Waals surface area contributed by atoms with Crippen molar-refractivity contribution < 1.29 is 14.7 Å². The number of nitrogens with zero attached hydrogens (tertiary/aromatic N) is 4. The number of rotatable bonds is 3. The van der Waals surface area contributed by atoms with E-state index >= 15 is 0 Å². The fourth-order valence-electron chi connectivity index (χ4n) is 2.68. The summed E-state index contributed by atoms with van der Waals surface area (Å²) in [6, 6.07) is 7.52. The predicted octanol–water partition coefficient (Wildman–Crippen LogP) is 1.37. The number of hydrogen-bond donors (Lipinski definition) is 1. The molecule has 0 atom stereocenters. The van der Waals surface area contributed by atoms with Crippen LogP contribution in [-0.2, 0) is 6.54 Å². The van der Waals surface area contributed by atoms with Crippen LogP contribution in [0.4, 0.5) is 4.79 Å². The molecule has 0 aliphatic carbocycles. The van der Waals surface area contributed by atoms with Gasteiger partial charge >= 0.3 is 6.09 Å². The molecule has 1 N–H and O–H groups in total. The molecule has 1 aliphatic rings. The maximum atomic E-state index is 12.6. The van der Waals surface area contributed by atoms with Gasteiger partial charge in [0.15, 0.2) is 0 Å². The number of amides is 2. The Morgan fingerprint density at radius 2 is 1.87 bits per heavy atom. The number of carbonyl (C=O) groups excluding carboxylic acids is 1. The van der Waals surface area contributed by atoms with Gasteiger partial charge in [0, 0.05) is 50.7 Å². The molecular formula is C16H18N4O3. The maximum Gasteiger partial charge on any atom is 0.407 e. The van der Waals surface area contributed by atoms with E-state index < -0.39 is 6.09 Å². The van der Waals surface area contributed by atoms with Crippen molar-refractivity contribution in [3.63, 3.8) is 0 Å². The molecule has 3 rings (SSSR count). The van der Waals surface area contributed by atoms with Gasteiger partial charge < -0.3 is 19.5 Å². The lowest BCUT2D eigenvalue weighted by atomic mass is 10.1. The van der Waals surface area contributed by atoms with E-state index in [-0.39, 0.29) is 5.91 Å². The zero-order valence-electron chi connectivity index (χ0n) is 12.6. The van der Waals surface area contributed by atoms with Crippen LogP contribution in [-0.4, -0.2) is 62.6 Å². The number of carbonyl (C=O) groups is 2. The topological polar surface area (TPSA) is 78.7 Å². The van der Waals surface area contributed by atoms with E-state index in [1.165, 1.54) is 4.90 Å². The minimum Gasteiger partial charge on any atom is -0.465 e. The zero-order valence-corrected chi connectivity index (χ0v) is 12.6. The number of carboxylic acid groups (broad SMARTS) is 1. The molecule has 2 amide bonds. The molecule has 0 bridgehead atoms. The molecule has 23 heavy (non-hydrogen) atoms. The van der Waals surface area contributed by atoms with Gasteiger partial charge in [0.25, 0.3) is 5.91 Å². The molecule has 0 spiro atoms. The molecule has 1 aromatic heterocycles. The summed E-state index contributed by atoms with van der Waals surface area (Å²) in [7, 11) is 0. The third-order valence-electron chi connectivity index (χ3n) is 3.94. The van der Waals surface area contributed by atoms with Crippen LogP contribution in [0.2, 0.25) is 0 Å². The normalized spacial score (nSPS) is 14.8. The average molecular weight is 314 g/mol. The molecular weight excluding hydrogens is 296 g/mol. The number of benzene rings is 1. The zero-order chi connectivity index (χ0) is 16.2. The molecule has 2 aromatic rings. The standard InChI is InChI=1S/C16H18N4O3/c21-15(19-6-8-20(9-7-19)16(22)23)14-3-1-2-13(10-14)11-18-5-4-17-12-18/h1-5,10,12H,6-9,11H2,(H,22,23). The molecule has 0 radical (unpaired) electrons. The molecule has 7 nitrogen and oxygen atoms in total. The number of imidazole rings is 1. The number of piperazine rings is 1. The fraction of sp³-hybridized carbons (Fsp3) is 0.312. The Morgan fingerprint density at radius 1 is 1.13 bits per heavy atom. The summed E-state index contributed by atoms with van der Waals surface area (Å²) in [5, 5.41) is 8.95. The summed E-state index contributed by atoms with van der Waals surface area (Å²) >= 11 is 0. The Kier molecular flexibility index (Phi) is 4.27. The minimum absolute atomic E-state index is 0.0532. The van der Waals surface area contributed by atoms with Crippen LogP contribution >= 0.6 is 0 Å². The lowest BCUT2D eigenvalue weighted by Crippen LogP contribution is -2.50. The largest absolute Gasteiger partial charge is 0.465 e. The van der Waals surface area contributed by atoms with Crippen molar-refractivity contribution in [1.29, 1.82) is 0 Å². The fourth-order valence-corrected chi connectivity index (χ4v) is 2.68. The van der Waals surface area contributed by atoms with Gasteiger partial charge in [0.2, 0.25) is 0 Å². The maximum absolute atomic E-state index is 12.6. The highest BCUT2D eigenvalue weighted by Crippen LogP contribution is 2.12. The molecule has 2 heterocycles. The first-order chi connectivity index (χ1) is 11.1. The molecule has 7 heteroatoms. The van der Waals surface area contributed by atoms with E-state index in [1.807, 2.05) is 29.0 Å². The highest BCUT2D eigenvalue weighted by Gasteiger charge is 2.24. The molecule has 120 valence electrons. The summed E-state index contributed by atoms with van der Waals surface area (Å²) in [6.45, 7) is 2.23. The summed E-state index contributed by atoms with van der Waals surface area (Å²) in [4.78, 5) is 30.5. The van der Waals surface area contributed by atoms with Crippen molar-refractivity contribution in [2.24, 2.45) is 0 Å². The summed E-state index contributed by atoms with van der Waals surface area (Å²) in [5.74, 6) is -0.0532. The highest BCUT2D eigenvalue weighted by atomic mass is 16.4. The van der Waals surface area contributed by atoms with Crippen molar-refractivity contribution in [3.05, 3.63) is 54.1 Å². The van der Waals surface area contributed by atoms with Gasteiger partial charge in [-0.05, 0) is 17.7 Å². The first kappa shape index (κ1) is 15.1. The Bertz CT molecular complexity index is 691. The van der Waals surface area contributed by atoms with Crippen LogP contribution in [0.15, 0.2) is 43.0 Å². The lowest BCUT2D eigenvalue weighted by molar-refractivity contribution is 0.0624. The summed E-state index contributed by atoms with van der Waals surface area (Å²) in [5.41, 5.74) is 1.66. The molecule has 1 aromatic carbocycles. The number of hydrogen-bond acceptors (Lipinski definition) is 3. The van der Waals surface area contributed by atoms with Crippen molar-refractivity contribution in [2.75, 3.05) is 26.2 Å². The average Bonchev–Trinajstić information content (AvgIpc) is 3.07. The summed E-state index contributed by atoms with van der Waals surface area (Å²) < 4.78 is 1.94. The Morgan fingerprint density at radius 3 is 2.52 bits per heavy atom. The first-order valence-electron chi connectivity index (χ1n) is 7.45. The quantitative estimate of drug-likeness (QED) is 0.928. The van der Waals surface area contributed by atoms with Crippen molar-refractivity contribution in [1.82, 2.24) is 19.4 Å². The smallest absolute Gasteiger partial charge is 0.407 e. The van der Waals surface area contributed by atoms with Crippen LogP contribution in [0.5, 0.6) is 0 Å². The summed E-state index contributed by atoms with van der Waals surface area (Å²) in [6.07, 6.45) is 4.40. The van der Waals surface area contributed by atoms with Crippen molar-refractivity contribution in [3.8, 4) is 0 Å². The van der Waals surface area contributed by atoms with Gasteiger partial charge in [-0.3, -0.25) is 4.79 Å². The predicted molar refractivity (Wildman–Crippen MR) is 83.3 cm³/mol. The van der Waals surface area contributed by atoms with Crippen LogP contribution < -0.4 is 0 Å². The van der Waals surface area contributed by atoms with Crippen LogP contribution in [0.3, 0.4) is 0 Å². The van der Waals surface area contributed by atoms with Crippen molar-refractivity contribution >= 4 is 12.0 Å². The van der Waals surface area contributed by atoms with E-state index in [4.69, 9.17) is 5.11 Å². The van der Waals surface area contributed by atoms with Crippen molar-refractivity contribution in [2.45, 2.75) is 6.54 Å². The third kappa shape index (κ3) is 3.50. The Hall–Kier alpha value is -2.83. The first-order valence-corrected chi connectivity index (χ1v) is 7.45. The lowest BCUT2D eigenvalue weighted by Gasteiger charge is -2.33. The van der Waals surface area contributed by atoms with Gasteiger partial charge in [-0.15, -0.1) is 0 Å². The highest BCUT2D eigenvalue weighted by molar-refractivity contribution is 5.94. The minimum atomic E-state index is -0.931. The van der Waals surface area contributed by atoms with Crippen LogP contribution in [0.25, 0.3) is 0 Å². The van der Waals surface area contributed by atoms with Gasteiger partial charge in [-0.2, -0.15) is 0 Å². The van der Waals surface area contributed by atoms with Gasteiger partial charge in [0.1, 0.15) is 0 Å². The van der Waals surface area contributed by atoms with E-state index in [2.05, 4.69) is 4.98 Å². The second kappa shape index (κ2) is 6.51. The van der Waals surface area contributed by atoms with Gasteiger partial charge in [-0.25, -0.2) is 9.78 Å². The second-order valence-corrected chi connectivity index (χ2v) is 5.50. The molecule has 0 unspecified atom stereocenters. The Balaban J connectivity index is 1.67. The third-order valence-corrected chi connectivity index (χ3v) is 3.94. The molecule has 1 fully saturated rings. The molecule has 1 saturated heterocycles. The molecule has 0 saturated carbocycles. The van der Waals surface area contributed by atoms with Gasteiger partial charge in [0.05, 0.1) is 6.33 Å². The van der Waals surface area contributed by atoms with E-state index in [0.717, 1.165) is 5.56 Å². The number of aromatic nitrogens is 2. The van der Waals surface area contributed by atoms with E-state index in [9.17, 15) is 9.59 Å².